The van der Waals surface area contributed by atoms with E-state index in [0.29, 0.717) is 22.7 Å². The average Bonchev–Trinajstić information content (AvgIpc) is 2.75. The molecule has 7 nitrogen and oxygen atoms in total. The molecule has 192 valence electrons. The number of carbonyl (C=O) groups excluding carboxylic acids is 2. The largest absolute Gasteiger partial charge is 0.352 e. The van der Waals surface area contributed by atoms with Gasteiger partial charge in [0.2, 0.25) is 21.8 Å². The Morgan fingerprint density at radius 3 is 2.31 bits per heavy atom. The lowest BCUT2D eigenvalue weighted by Gasteiger charge is -2.30. The van der Waals surface area contributed by atoms with Crippen molar-refractivity contribution in [3.8, 4) is 0 Å². The summed E-state index contributed by atoms with van der Waals surface area (Å²) in [6.07, 6.45) is 1.52. The van der Waals surface area contributed by atoms with Gasteiger partial charge in [-0.2, -0.15) is 0 Å². The zero-order chi connectivity index (χ0) is 26.3. The maximum Gasteiger partial charge on any atom is 0.242 e. The van der Waals surface area contributed by atoms with E-state index >= 15 is 0 Å². The number of anilines is 1. The highest BCUT2D eigenvalue weighted by molar-refractivity contribution is 7.92. The molecule has 1 atom stereocenters. The minimum atomic E-state index is -3.59. The molecule has 2 rings (SSSR count). The summed E-state index contributed by atoms with van der Waals surface area (Å²) in [5, 5.41) is 3.34. The molecular formula is C26H36ClN3O4S. The topological polar surface area (TPSA) is 86.8 Å². The van der Waals surface area contributed by atoms with Gasteiger partial charge in [0.1, 0.15) is 6.04 Å². The van der Waals surface area contributed by atoms with E-state index in [2.05, 4.69) is 5.32 Å². The van der Waals surface area contributed by atoms with E-state index in [1.807, 2.05) is 45.0 Å². The fraction of sp³-hybridized carbons (Fsp3) is 0.462. The molecule has 9 heteroatoms. The van der Waals surface area contributed by atoms with Gasteiger partial charge in [-0.05, 0) is 64.3 Å². The Bertz CT molecular complexity index is 1150. The fourth-order valence-corrected chi connectivity index (χ4v) is 5.03. The number of nitrogens with one attached hydrogen (secondary N) is 1. The summed E-state index contributed by atoms with van der Waals surface area (Å²) >= 11 is 6.20. The minimum Gasteiger partial charge on any atom is -0.352 e. The summed E-state index contributed by atoms with van der Waals surface area (Å²) in [5.74, 6) is -0.442. The van der Waals surface area contributed by atoms with Crippen molar-refractivity contribution in [1.29, 1.82) is 0 Å². The van der Waals surface area contributed by atoms with Crippen molar-refractivity contribution in [2.45, 2.75) is 66.1 Å². The molecule has 2 aromatic rings. The summed E-state index contributed by atoms with van der Waals surface area (Å²) in [6.45, 7) is 9.60. The second-order valence-electron chi connectivity index (χ2n) is 9.17. The van der Waals surface area contributed by atoms with Gasteiger partial charge >= 0.3 is 0 Å². The highest BCUT2D eigenvalue weighted by Gasteiger charge is 2.27. The number of rotatable bonds is 11. The van der Waals surface area contributed by atoms with E-state index in [1.54, 1.807) is 36.9 Å². The number of nitrogens with zero attached hydrogens (tertiary/aromatic N) is 2. The Kier molecular flexibility index (Phi) is 10.2. The standard InChI is InChI=1S/C26H36ClN3O4S/c1-18(2)28-26(32)21(5)29(17-22-11-7-10-19(3)16-22)25(31)14-9-15-30(35(6,33)34)24-13-8-12-23(27)20(24)4/h7-8,10-13,16,18,21H,9,14-15,17H2,1-6H3,(H,28,32). The molecule has 1 N–H and O–H groups in total. The predicted molar refractivity (Wildman–Crippen MR) is 142 cm³/mol. The Morgan fingerprint density at radius 2 is 1.71 bits per heavy atom. The Labute approximate surface area is 214 Å². The van der Waals surface area contributed by atoms with Crippen LogP contribution in [0, 0.1) is 13.8 Å². The van der Waals surface area contributed by atoms with Crippen LogP contribution in [0.4, 0.5) is 5.69 Å². The summed E-state index contributed by atoms with van der Waals surface area (Å²) in [5.41, 5.74) is 3.14. The first-order chi connectivity index (χ1) is 16.3. The van der Waals surface area contributed by atoms with Crippen LogP contribution in [0.15, 0.2) is 42.5 Å². The van der Waals surface area contributed by atoms with Crippen LogP contribution >= 0.6 is 11.6 Å². The number of amides is 2. The Balaban J connectivity index is 2.21. The SMILES string of the molecule is Cc1cccc(CN(C(=O)CCCN(c2cccc(Cl)c2C)S(C)(=O)=O)C(C)C(=O)NC(C)C)c1. The van der Waals surface area contributed by atoms with Gasteiger partial charge in [-0.1, -0.05) is 47.5 Å². The molecule has 2 aromatic carbocycles. The van der Waals surface area contributed by atoms with Crippen molar-refractivity contribution in [3.05, 3.63) is 64.2 Å². The number of sulfonamides is 1. The van der Waals surface area contributed by atoms with E-state index in [9.17, 15) is 18.0 Å². The van der Waals surface area contributed by atoms with Crippen LogP contribution in [-0.2, 0) is 26.2 Å². The molecule has 0 fully saturated rings. The molecule has 0 radical (unpaired) electrons. The van der Waals surface area contributed by atoms with Crippen molar-refractivity contribution in [3.63, 3.8) is 0 Å². The fourth-order valence-electron chi connectivity index (χ4n) is 3.84. The second-order valence-corrected chi connectivity index (χ2v) is 11.5. The molecule has 0 heterocycles. The number of hydrogen-bond acceptors (Lipinski definition) is 4. The van der Waals surface area contributed by atoms with Crippen LogP contribution < -0.4 is 9.62 Å². The van der Waals surface area contributed by atoms with Gasteiger partial charge in [-0.25, -0.2) is 8.42 Å². The van der Waals surface area contributed by atoms with Crippen LogP contribution in [0.5, 0.6) is 0 Å². The van der Waals surface area contributed by atoms with E-state index in [1.165, 1.54) is 4.31 Å². The van der Waals surface area contributed by atoms with Gasteiger partial charge in [0.15, 0.2) is 0 Å². The molecule has 0 saturated carbocycles. The minimum absolute atomic E-state index is 0.0508. The molecular weight excluding hydrogens is 486 g/mol. The number of aryl methyl sites for hydroxylation is 1. The number of benzene rings is 2. The van der Waals surface area contributed by atoms with E-state index in [0.717, 1.165) is 17.4 Å². The first-order valence-electron chi connectivity index (χ1n) is 11.7. The second kappa shape index (κ2) is 12.4. The van der Waals surface area contributed by atoms with Crippen LogP contribution in [0.1, 0.15) is 50.3 Å². The first-order valence-corrected chi connectivity index (χ1v) is 13.9. The van der Waals surface area contributed by atoms with Crippen LogP contribution in [-0.4, -0.2) is 50.0 Å². The zero-order valence-corrected chi connectivity index (χ0v) is 22.9. The van der Waals surface area contributed by atoms with Crippen LogP contribution in [0.25, 0.3) is 0 Å². The Morgan fingerprint density at radius 1 is 1.06 bits per heavy atom. The smallest absolute Gasteiger partial charge is 0.242 e. The highest BCUT2D eigenvalue weighted by Crippen LogP contribution is 2.28. The zero-order valence-electron chi connectivity index (χ0n) is 21.3. The normalized spacial score (nSPS) is 12.3. The van der Waals surface area contributed by atoms with Crippen molar-refractivity contribution >= 4 is 39.1 Å². The molecule has 0 aliphatic rings. The Hall–Kier alpha value is -2.58. The molecule has 0 aromatic heterocycles. The van der Waals surface area contributed by atoms with E-state index in [4.69, 9.17) is 11.6 Å². The summed E-state index contributed by atoms with van der Waals surface area (Å²) in [7, 11) is -3.59. The van der Waals surface area contributed by atoms with Crippen LogP contribution in [0.3, 0.4) is 0 Å². The molecule has 0 spiro atoms. The summed E-state index contributed by atoms with van der Waals surface area (Å²) < 4.78 is 26.3. The van der Waals surface area contributed by atoms with Crippen LogP contribution in [0.2, 0.25) is 5.02 Å². The summed E-state index contributed by atoms with van der Waals surface area (Å²) in [6, 6.07) is 12.2. The number of hydrogen-bond donors (Lipinski definition) is 1. The molecule has 1 unspecified atom stereocenters. The maximum absolute atomic E-state index is 13.3. The third-order valence-corrected chi connectivity index (χ3v) is 7.28. The summed E-state index contributed by atoms with van der Waals surface area (Å²) in [4.78, 5) is 27.6. The quantitative estimate of drug-likeness (QED) is 0.473. The van der Waals surface area contributed by atoms with Gasteiger partial charge in [0, 0.05) is 30.6 Å². The van der Waals surface area contributed by atoms with Crippen molar-refractivity contribution in [2.75, 3.05) is 17.1 Å². The van der Waals surface area contributed by atoms with E-state index in [-0.39, 0.29) is 37.4 Å². The lowest BCUT2D eigenvalue weighted by atomic mass is 10.1. The molecule has 35 heavy (non-hydrogen) atoms. The number of carbonyl (C=O) groups is 2. The van der Waals surface area contributed by atoms with Gasteiger partial charge in [-0.3, -0.25) is 13.9 Å². The van der Waals surface area contributed by atoms with Gasteiger partial charge in [0.05, 0.1) is 11.9 Å². The third kappa shape index (κ3) is 8.25. The third-order valence-electron chi connectivity index (χ3n) is 5.69. The number of halogens is 1. The van der Waals surface area contributed by atoms with Gasteiger partial charge in [-0.15, -0.1) is 0 Å². The molecule has 0 aliphatic carbocycles. The van der Waals surface area contributed by atoms with Gasteiger partial charge < -0.3 is 10.2 Å². The van der Waals surface area contributed by atoms with E-state index < -0.39 is 16.1 Å². The highest BCUT2D eigenvalue weighted by atomic mass is 35.5. The molecule has 0 bridgehead atoms. The van der Waals surface area contributed by atoms with Gasteiger partial charge in [0.25, 0.3) is 0 Å². The molecule has 0 aliphatic heterocycles. The predicted octanol–water partition coefficient (Wildman–Crippen LogP) is 4.44. The maximum atomic E-state index is 13.3. The lowest BCUT2D eigenvalue weighted by Crippen LogP contribution is -2.49. The van der Waals surface area contributed by atoms with Crippen molar-refractivity contribution in [2.24, 2.45) is 0 Å². The van der Waals surface area contributed by atoms with Crippen molar-refractivity contribution in [1.82, 2.24) is 10.2 Å². The molecule has 2 amide bonds. The monoisotopic (exact) mass is 521 g/mol. The average molecular weight is 522 g/mol. The molecule has 0 saturated heterocycles. The first kappa shape index (κ1) is 28.7. The van der Waals surface area contributed by atoms with Crippen molar-refractivity contribution < 1.29 is 18.0 Å². The lowest BCUT2D eigenvalue weighted by molar-refractivity contribution is -0.140.